The summed E-state index contributed by atoms with van der Waals surface area (Å²) in [7, 11) is 0. The van der Waals surface area contributed by atoms with Gasteiger partial charge in [-0.05, 0) is 37.8 Å². The van der Waals surface area contributed by atoms with Crippen molar-refractivity contribution in [1.82, 2.24) is 14.9 Å². The van der Waals surface area contributed by atoms with Gasteiger partial charge in [0, 0.05) is 36.1 Å². The number of benzene rings is 1. The number of hydrogen-bond acceptors (Lipinski definition) is 3. The average molecular weight is 304 g/mol. The molecule has 1 heterocycles. The minimum absolute atomic E-state index is 0.171. The number of aryl methyl sites for hydroxylation is 2. The van der Waals surface area contributed by atoms with Crippen LogP contribution in [-0.4, -0.2) is 28.4 Å². The molecule has 0 fully saturated rings. The molecule has 21 heavy (non-hydrogen) atoms. The molecule has 112 valence electrons. The van der Waals surface area contributed by atoms with E-state index in [0.717, 1.165) is 29.4 Å². The Labute approximate surface area is 129 Å². The van der Waals surface area contributed by atoms with Gasteiger partial charge < -0.3 is 15.2 Å². The third-order valence-corrected chi connectivity index (χ3v) is 3.84. The summed E-state index contributed by atoms with van der Waals surface area (Å²) in [5, 5.41) is 5.70. The number of nitrogens with one attached hydrogen (secondary N) is 2. The zero-order valence-corrected chi connectivity index (χ0v) is 13.1. The van der Waals surface area contributed by atoms with Crippen molar-refractivity contribution < 1.29 is 4.79 Å². The maximum absolute atomic E-state index is 11.8. The zero-order chi connectivity index (χ0) is 15.1. The highest BCUT2D eigenvalue weighted by Gasteiger charge is 2.02. The smallest absolute Gasteiger partial charge is 0.319 e. The highest BCUT2D eigenvalue weighted by atomic mass is 32.2. The van der Waals surface area contributed by atoms with Crippen LogP contribution in [0.1, 0.15) is 12.2 Å². The summed E-state index contributed by atoms with van der Waals surface area (Å²) in [5.74, 6) is 0.994. The van der Waals surface area contributed by atoms with Gasteiger partial charge in [-0.2, -0.15) is 0 Å². The second-order valence-corrected chi connectivity index (χ2v) is 5.51. The van der Waals surface area contributed by atoms with Crippen LogP contribution in [0.3, 0.4) is 0 Å². The first-order valence-corrected chi connectivity index (χ1v) is 8.08. The molecule has 1 aromatic carbocycles. The molecule has 0 aliphatic rings. The molecule has 0 atom stereocenters. The molecule has 0 radical (unpaired) electrons. The van der Waals surface area contributed by atoms with Gasteiger partial charge in [-0.1, -0.05) is 6.07 Å². The Morgan fingerprint density at radius 3 is 3.00 bits per heavy atom. The van der Waals surface area contributed by atoms with Crippen LogP contribution in [0.2, 0.25) is 0 Å². The van der Waals surface area contributed by atoms with Gasteiger partial charge in [-0.15, -0.1) is 11.8 Å². The molecular weight excluding hydrogens is 284 g/mol. The van der Waals surface area contributed by atoms with E-state index in [2.05, 4.69) is 20.2 Å². The normalized spacial score (nSPS) is 10.4. The van der Waals surface area contributed by atoms with Crippen LogP contribution in [0.4, 0.5) is 10.5 Å². The number of nitrogens with zero attached hydrogens (tertiary/aromatic N) is 2. The first-order valence-electron chi connectivity index (χ1n) is 6.85. The number of amides is 2. The monoisotopic (exact) mass is 304 g/mol. The maximum atomic E-state index is 11.8. The van der Waals surface area contributed by atoms with Crippen LogP contribution in [0.15, 0.2) is 41.6 Å². The van der Waals surface area contributed by atoms with Gasteiger partial charge >= 0.3 is 6.03 Å². The Morgan fingerprint density at radius 2 is 2.29 bits per heavy atom. The predicted octanol–water partition coefficient (Wildman–Crippen LogP) is 3.13. The summed E-state index contributed by atoms with van der Waals surface area (Å²) in [6.45, 7) is 3.46. The number of hydrogen-bond donors (Lipinski definition) is 2. The van der Waals surface area contributed by atoms with Gasteiger partial charge in [0.1, 0.15) is 5.82 Å². The van der Waals surface area contributed by atoms with Gasteiger partial charge in [0.15, 0.2) is 0 Å². The fourth-order valence-electron chi connectivity index (χ4n) is 1.97. The van der Waals surface area contributed by atoms with Crippen molar-refractivity contribution in [2.75, 3.05) is 18.1 Å². The lowest BCUT2D eigenvalue weighted by Gasteiger charge is -2.09. The molecule has 2 amide bonds. The molecule has 0 saturated carbocycles. The summed E-state index contributed by atoms with van der Waals surface area (Å²) in [6.07, 6.45) is 6.62. The molecular formula is C15H20N4OS. The molecule has 0 bridgehead atoms. The molecule has 0 aliphatic carbocycles. The van der Waals surface area contributed by atoms with E-state index >= 15 is 0 Å². The van der Waals surface area contributed by atoms with Gasteiger partial charge in [0.2, 0.25) is 0 Å². The summed E-state index contributed by atoms with van der Waals surface area (Å²) in [6, 6.07) is 7.62. The summed E-state index contributed by atoms with van der Waals surface area (Å²) < 4.78 is 2.07. The number of aromatic nitrogens is 2. The Kier molecular flexibility index (Phi) is 5.68. The van der Waals surface area contributed by atoms with E-state index < -0.39 is 0 Å². The van der Waals surface area contributed by atoms with Crippen LogP contribution in [0.25, 0.3) is 0 Å². The van der Waals surface area contributed by atoms with E-state index in [4.69, 9.17) is 0 Å². The average Bonchev–Trinajstić information content (AvgIpc) is 2.89. The molecule has 0 spiro atoms. The molecule has 5 nitrogen and oxygen atoms in total. The number of thioether (sulfide) groups is 1. The third-order valence-electron chi connectivity index (χ3n) is 3.11. The molecule has 0 saturated heterocycles. The number of carbonyl (C=O) groups excluding carboxylic acids is 1. The maximum Gasteiger partial charge on any atom is 0.319 e. The first-order chi connectivity index (χ1) is 10.2. The van der Waals surface area contributed by atoms with Crippen molar-refractivity contribution in [2.45, 2.75) is 24.8 Å². The Bertz CT molecular complexity index is 597. The summed E-state index contributed by atoms with van der Waals surface area (Å²) in [5.41, 5.74) is 0.810. The highest BCUT2D eigenvalue weighted by Crippen LogP contribution is 2.18. The van der Waals surface area contributed by atoms with Crippen molar-refractivity contribution in [1.29, 1.82) is 0 Å². The van der Waals surface area contributed by atoms with E-state index in [1.54, 1.807) is 18.0 Å². The van der Waals surface area contributed by atoms with Gasteiger partial charge in [-0.25, -0.2) is 9.78 Å². The lowest BCUT2D eigenvalue weighted by molar-refractivity contribution is 0.252. The molecule has 6 heteroatoms. The Balaban J connectivity index is 1.71. The second-order valence-electron chi connectivity index (χ2n) is 4.63. The van der Waals surface area contributed by atoms with Crippen LogP contribution in [0, 0.1) is 6.92 Å². The van der Waals surface area contributed by atoms with E-state index in [1.807, 2.05) is 43.6 Å². The highest BCUT2D eigenvalue weighted by molar-refractivity contribution is 7.98. The fraction of sp³-hybridized carbons (Fsp3) is 0.333. The van der Waals surface area contributed by atoms with E-state index in [9.17, 15) is 4.79 Å². The van der Waals surface area contributed by atoms with Gasteiger partial charge in [0.25, 0.3) is 0 Å². The van der Waals surface area contributed by atoms with Crippen LogP contribution < -0.4 is 10.6 Å². The number of urea groups is 1. The fourth-order valence-corrected chi connectivity index (χ4v) is 2.43. The van der Waals surface area contributed by atoms with Crippen molar-refractivity contribution in [3.8, 4) is 0 Å². The molecule has 0 aliphatic heterocycles. The number of imidazole rings is 1. The summed E-state index contributed by atoms with van der Waals surface area (Å²) >= 11 is 1.65. The first kappa shape index (κ1) is 15.4. The van der Waals surface area contributed by atoms with Crippen molar-refractivity contribution in [3.05, 3.63) is 42.5 Å². The Hall–Kier alpha value is -1.95. The summed E-state index contributed by atoms with van der Waals surface area (Å²) in [4.78, 5) is 17.1. The zero-order valence-electron chi connectivity index (χ0n) is 12.3. The number of anilines is 1. The quantitative estimate of drug-likeness (QED) is 0.637. The largest absolute Gasteiger partial charge is 0.338 e. The standard InChI is InChI=1S/C15H20N4OS/c1-12-16-8-10-19(12)9-4-7-17-15(20)18-13-5-3-6-14(11-13)21-2/h3,5-6,8,10-11H,4,7,9H2,1-2H3,(H2,17,18,20). The SMILES string of the molecule is CSc1cccc(NC(=O)NCCCn2ccnc2C)c1. The van der Waals surface area contributed by atoms with Gasteiger partial charge in [-0.3, -0.25) is 0 Å². The van der Waals surface area contributed by atoms with Crippen molar-refractivity contribution >= 4 is 23.5 Å². The third kappa shape index (κ3) is 4.82. The predicted molar refractivity (Wildman–Crippen MR) is 86.8 cm³/mol. The molecule has 0 unspecified atom stereocenters. The molecule has 2 aromatic rings. The van der Waals surface area contributed by atoms with E-state index in [1.165, 1.54) is 0 Å². The lowest BCUT2D eigenvalue weighted by atomic mass is 10.3. The Morgan fingerprint density at radius 1 is 1.43 bits per heavy atom. The molecule has 1 aromatic heterocycles. The van der Waals surface area contributed by atoms with Gasteiger partial charge in [0.05, 0.1) is 0 Å². The lowest BCUT2D eigenvalue weighted by Crippen LogP contribution is -2.30. The molecule has 2 rings (SSSR count). The van der Waals surface area contributed by atoms with Crippen molar-refractivity contribution in [3.63, 3.8) is 0 Å². The van der Waals surface area contributed by atoms with Crippen LogP contribution in [-0.2, 0) is 6.54 Å². The van der Waals surface area contributed by atoms with E-state index in [-0.39, 0.29) is 6.03 Å². The number of carbonyl (C=O) groups is 1. The molecule has 2 N–H and O–H groups in total. The topological polar surface area (TPSA) is 59.0 Å². The minimum Gasteiger partial charge on any atom is -0.338 e. The van der Waals surface area contributed by atoms with Crippen LogP contribution >= 0.6 is 11.8 Å². The van der Waals surface area contributed by atoms with E-state index in [0.29, 0.717) is 6.54 Å². The van der Waals surface area contributed by atoms with Crippen LogP contribution in [0.5, 0.6) is 0 Å². The minimum atomic E-state index is -0.171. The second kappa shape index (κ2) is 7.73. The van der Waals surface area contributed by atoms with Crippen molar-refractivity contribution in [2.24, 2.45) is 0 Å². The number of rotatable bonds is 6.